The highest BCUT2D eigenvalue weighted by atomic mass is 16.5. The molecule has 1 amide bonds. The number of Topliss-reactive ketones (excluding diaryl/α,β-unsaturated/α-hetero) is 2. The van der Waals surface area contributed by atoms with Crippen LogP contribution in [-0.2, 0) is 29.3 Å². The number of ether oxygens (including phenoxy) is 1. The summed E-state index contributed by atoms with van der Waals surface area (Å²) < 4.78 is 5.82. The van der Waals surface area contributed by atoms with E-state index in [0.29, 0.717) is 11.1 Å². The number of aromatic hydroxyl groups is 1. The SMILES string of the molecule is CCC(=O)O[C@H]1C2C(=C(O)c3c(ccc(C(C)(C)C)c3O)[C@@H]2C)C(=O)[C@]2(O)C(O)=C(C(N)=O)C(=O)[C@@H](N(C)C)C12. The number of carbonyl (C=O) groups is 4. The van der Waals surface area contributed by atoms with Crippen LogP contribution in [0.25, 0.3) is 5.76 Å². The topological polar surface area (TPSA) is 188 Å². The van der Waals surface area contributed by atoms with E-state index >= 15 is 0 Å². The Bertz CT molecular complexity index is 1400. The van der Waals surface area contributed by atoms with Crippen molar-refractivity contribution in [3.8, 4) is 5.75 Å². The maximum absolute atomic E-state index is 14.3. The molecule has 0 aromatic heterocycles. The first-order valence-electron chi connectivity index (χ1n) is 13.1. The molecule has 0 heterocycles. The number of rotatable bonds is 4. The van der Waals surface area contributed by atoms with Gasteiger partial charge in [0.15, 0.2) is 11.4 Å². The fraction of sp³-hybridized carbons (Fsp3) is 0.517. The predicted octanol–water partition coefficient (Wildman–Crippen LogP) is 1.75. The second kappa shape index (κ2) is 9.45. The summed E-state index contributed by atoms with van der Waals surface area (Å²) in [5.41, 5.74) is 1.50. The van der Waals surface area contributed by atoms with Crippen molar-refractivity contribution in [1.82, 2.24) is 4.90 Å². The maximum atomic E-state index is 14.3. The number of nitrogens with two attached hydrogens (primary N) is 1. The molecule has 0 saturated heterocycles. The van der Waals surface area contributed by atoms with Crippen LogP contribution in [0.4, 0.5) is 0 Å². The summed E-state index contributed by atoms with van der Waals surface area (Å²) >= 11 is 0. The molecule has 6 atom stereocenters. The molecule has 3 aliphatic rings. The number of aliphatic hydroxyl groups is 3. The molecule has 4 rings (SSSR count). The Morgan fingerprint density at radius 1 is 1.12 bits per heavy atom. The summed E-state index contributed by atoms with van der Waals surface area (Å²) in [7, 11) is 2.95. The van der Waals surface area contributed by atoms with E-state index in [1.54, 1.807) is 26.0 Å². The van der Waals surface area contributed by atoms with Gasteiger partial charge in [-0.1, -0.05) is 46.8 Å². The molecule has 40 heavy (non-hydrogen) atoms. The first kappa shape index (κ1) is 29.3. The van der Waals surface area contributed by atoms with Crippen LogP contribution in [0.3, 0.4) is 0 Å². The zero-order valence-electron chi connectivity index (χ0n) is 23.6. The van der Waals surface area contributed by atoms with Crippen LogP contribution in [0.1, 0.15) is 63.6 Å². The molecule has 216 valence electrons. The van der Waals surface area contributed by atoms with Crippen molar-refractivity contribution in [2.45, 2.75) is 70.1 Å². The molecule has 11 heteroatoms. The molecule has 1 aromatic rings. The van der Waals surface area contributed by atoms with Crippen molar-refractivity contribution in [3.63, 3.8) is 0 Å². The van der Waals surface area contributed by atoms with Crippen molar-refractivity contribution in [2.24, 2.45) is 17.6 Å². The molecule has 1 saturated carbocycles. The normalized spacial score (nSPS) is 30.2. The number of phenols is 1. The van der Waals surface area contributed by atoms with Crippen molar-refractivity contribution < 1.29 is 44.3 Å². The van der Waals surface area contributed by atoms with E-state index in [1.165, 1.54) is 19.0 Å². The van der Waals surface area contributed by atoms with Crippen LogP contribution in [0.2, 0.25) is 0 Å². The third kappa shape index (κ3) is 3.86. The van der Waals surface area contributed by atoms with Crippen molar-refractivity contribution in [3.05, 3.63) is 45.7 Å². The lowest BCUT2D eigenvalue weighted by Crippen LogP contribution is -2.71. The van der Waals surface area contributed by atoms with Crippen LogP contribution in [0, 0.1) is 11.8 Å². The van der Waals surface area contributed by atoms with Gasteiger partial charge in [0.05, 0.1) is 17.5 Å². The van der Waals surface area contributed by atoms with E-state index in [1.807, 2.05) is 20.8 Å². The van der Waals surface area contributed by atoms with E-state index in [9.17, 15) is 39.6 Å². The van der Waals surface area contributed by atoms with Gasteiger partial charge in [-0.2, -0.15) is 0 Å². The van der Waals surface area contributed by atoms with Crippen LogP contribution in [0.15, 0.2) is 29.0 Å². The first-order chi connectivity index (χ1) is 18.4. The quantitative estimate of drug-likeness (QED) is 0.270. The van der Waals surface area contributed by atoms with Gasteiger partial charge in [0.2, 0.25) is 5.78 Å². The van der Waals surface area contributed by atoms with E-state index in [-0.39, 0.29) is 17.7 Å². The maximum Gasteiger partial charge on any atom is 0.305 e. The number of ketones is 2. The number of benzene rings is 1. The molecule has 6 N–H and O–H groups in total. The second-order valence-electron chi connectivity index (χ2n) is 12.0. The van der Waals surface area contributed by atoms with Gasteiger partial charge in [-0.15, -0.1) is 0 Å². The summed E-state index contributed by atoms with van der Waals surface area (Å²) in [6.45, 7) is 8.85. The number of carbonyl (C=O) groups excluding carboxylic acids is 4. The summed E-state index contributed by atoms with van der Waals surface area (Å²) in [6, 6.07) is 2.03. The number of nitrogens with zero attached hydrogens (tertiary/aromatic N) is 1. The molecule has 0 bridgehead atoms. The van der Waals surface area contributed by atoms with E-state index in [2.05, 4.69) is 0 Å². The Labute approximate surface area is 231 Å². The minimum atomic E-state index is -2.96. The zero-order chi connectivity index (χ0) is 30.2. The zero-order valence-corrected chi connectivity index (χ0v) is 23.6. The average Bonchev–Trinajstić information content (AvgIpc) is 2.84. The number of esters is 1. The average molecular weight is 557 g/mol. The minimum Gasteiger partial charge on any atom is -0.508 e. The highest BCUT2D eigenvalue weighted by molar-refractivity contribution is 6.24. The number of likely N-dealkylation sites (N-methyl/N-ethyl adjacent to an activating group) is 1. The highest BCUT2D eigenvalue weighted by Crippen LogP contribution is 2.57. The van der Waals surface area contributed by atoms with Crippen LogP contribution in [-0.4, -0.2) is 80.6 Å². The monoisotopic (exact) mass is 556 g/mol. The number of aliphatic hydroxyl groups excluding tert-OH is 2. The lowest BCUT2D eigenvalue weighted by Gasteiger charge is -2.54. The summed E-state index contributed by atoms with van der Waals surface area (Å²) in [6.07, 6.45) is -1.49. The Kier molecular flexibility index (Phi) is 6.92. The fourth-order valence-corrected chi connectivity index (χ4v) is 6.57. The van der Waals surface area contributed by atoms with Gasteiger partial charge < -0.3 is 30.9 Å². The molecule has 1 fully saturated rings. The van der Waals surface area contributed by atoms with Gasteiger partial charge in [-0.05, 0) is 31.0 Å². The van der Waals surface area contributed by atoms with Gasteiger partial charge in [-0.3, -0.25) is 24.1 Å². The van der Waals surface area contributed by atoms with Gasteiger partial charge in [0.25, 0.3) is 5.91 Å². The predicted molar refractivity (Wildman–Crippen MR) is 143 cm³/mol. The standard InChI is InChI=1S/C29H36N2O9/c1-8-14(32)40-24-15-11(2)12-9-10-13(28(3,4)5)21(33)16(12)22(34)17(15)25(36)29(39)19(24)20(31(6)7)23(35)18(26(29)37)27(30)38/h9-11,15,19-20,24,33-34,37,39H,8H2,1-7H3,(H2,30,38)/t11-,15?,19?,20-,24-,29-/m0/s1. The second-order valence-corrected chi connectivity index (χ2v) is 12.0. The summed E-state index contributed by atoms with van der Waals surface area (Å²) in [5.74, 6) is -9.65. The third-order valence-electron chi connectivity index (χ3n) is 8.47. The molecule has 2 unspecified atom stereocenters. The molecule has 11 nitrogen and oxygen atoms in total. The van der Waals surface area contributed by atoms with Gasteiger partial charge in [0.1, 0.15) is 28.9 Å². The van der Waals surface area contributed by atoms with Gasteiger partial charge >= 0.3 is 5.97 Å². The Morgan fingerprint density at radius 2 is 1.73 bits per heavy atom. The van der Waals surface area contributed by atoms with Gasteiger partial charge in [0, 0.05) is 23.5 Å². The number of amides is 1. The van der Waals surface area contributed by atoms with Crippen molar-refractivity contribution in [1.29, 1.82) is 0 Å². The largest absolute Gasteiger partial charge is 0.508 e. The number of fused-ring (bicyclic) bond motifs is 3. The lowest BCUT2D eigenvalue weighted by molar-refractivity contribution is -0.185. The van der Waals surface area contributed by atoms with E-state index in [0.717, 1.165) is 0 Å². The Balaban J connectivity index is 2.13. The number of primary amides is 1. The molecular formula is C29H36N2O9. The third-order valence-corrected chi connectivity index (χ3v) is 8.47. The highest BCUT2D eigenvalue weighted by Gasteiger charge is 2.69. The Morgan fingerprint density at radius 3 is 2.23 bits per heavy atom. The minimum absolute atomic E-state index is 0.0169. The lowest BCUT2D eigenvalue weighted by atomic mass is 9.54. The van der Waals surface area contributed by atoms with E-state index in [4.69, 9.17) is 10.5 Å². The molecule has 0 aliphatic heterocycles. The van der Waals surface area contributed by atoms with Crippen LogP contribution in [0.5, 0.6) is 5.75 Å². The fourth-order valence-electron chi connectivity index (χ4n) is 6.57. The summed E-state index contributed by atoms with van der Waals surface area (Å²) in [5, 5.41) is 46.1. The summed E-state index contributed by atoms with van der Waals surface area (Å²) in [4.78, 5) is 54.1. The van der Waals surface area contributed by atoms with Crippen LogP contribution < -0.4 is 5.73 Å². The number of hydrogen-bond donors (Lipinski definition) is 5. The van der Waals surface area contributed by atoms with Crippen molar-refractivity contribution in [2.75, 3.05) is 14.1 Å². The first-order valence-corrected chi connectivity index (χ1v) is 13.1. The molecule has 3 aliphatic carbocycles. The van der Waals surface area contributed by atoms with E-state index < -0.39 is 87.0 Å². The molecular weight excluding hydrogens is 520 g/mol. The molecule has 0 radical (unpaired) electrons. The van der Waals surface area contributed by atoms with Crippen molar-refractivity contribution >= 4 is 29.2 Å². The molecule has 1 aromatic carbocycles. The van der Waals surface area contributed by atoms with Crippen LogP contribution >= 0.6 is 0 Å². The molecule has 0 spiro atoms. The number of hydrogen-bond acceptors (Lipinski definition) is 10. The smallest absolute Gasteiger partial charge is 0.305 e. The number of phenolic OH excluding ortho intramolecular Hbond substituents is 1. The Hall–Kier alpha value is -3.70. The van der Waals surface area contributed by atoms with Gasteiger partial charge in [-0.25, -0.2) is 0 Å².